The van der Waals surface area contributed by atoms with E-state index in [-0.39, 0.29) is 11.1 Å². The molecule has 2 rings (SSSR count). The van der Waals surface area contributed by atoms with E-state index >= 15 is 0 Å². The Morgan fingerprint density at radius 2 is 2.24 bits per heavy atom. The molecule has 0 aliphatic carbocycles. The van der Waals surface area contributed by atoms with Gasteiger partial charge >= 0.3 is 0 Å². The van der Waals surface area contributed by atoms with E-state index in [9.17, 15) is 4.79 Å². The van der Waals surface area contributed by atoms with Gasteiger partial charge in [-0.25, -0.2) is 0 Å². The van der Waals surface area contributed by atoms with E-state index in [1.54, 1.807) is 6.08 Å². The van der Waals surface area contributed by atoms with Gasteiger partial charge in [-0.3, -0.25) is 9.69 Å². The highest BCUT2D eigenvalue weighted by atomic mass is 32.1. The predicted molar refractivity (Wildman–Crippen MR) is 69.1 cm³/mol. The third kappa shape index (κ3) is 2.34. The van der Waals surface area contributed by atoms with Crippen molar-refractivity contribution in [3.8, 4) is 0 Å². The predicted octanol–water partition coefficient (Wildman–Crippen LogP) is 1.64. The molecule has 0 atom stereocenters. The zero-order chi connectivity index (χ0) is 12.4. The fourth-order valence-electron chi connectivity index (χ4n) is 2.00. The van der Waals surface area contributed by atoms with Gasteiger partial charge in [-0.2, -0.15) is 0 Å². The number of rotatable bonds is 2. The van der Waals surface area contributed by atoms with Gasteiger partial charge in [-0.05, 0) is 44.1 Å². The Labute approximate surface area is 107 Å². The number of likely N-dealkylation sites (N-methyl/N-ethyl adjacent to an activating group) is 1. The number of carbonyl (C=O) groups excluding carboxylic acids is 1. The summed E-state index contributed by atoms with van der Waals surface area (Å²) in [7, 11) is 2.05. The summed E-state index contributed by atoms with van der Waals surface area (Å²) in [6, 6.07) is 0. The Kier molecular flexibility index (Phi) is 3.47. The number of hydrogen-bond donors (Lipinski definition) is 0. The van der Waals surface area contributed by atoms with Crippen LogP contribution in [-0.2, 0) is 9.53 Å². The van der Waals surface area contributed by atoms with Crippen molar-refractivity contribution < 1.29 is 9.53 Å². The SMILES string of the molecule is CCN1C(=O)/C(=C\C=C2/CCCN2C)OC1=S. The summed E-state index contributed by atoms with van der Waals surface area (Å²) in [5, 5.41) is 0.252. The van der Waals surface area contributed by atoms with Crippen molar-refractivity contribution in [2.24, 2.45) is 0 Å². The Bertz CT molecular complexity index is 415. The number of thiocarbonyl (C=S) groups is 1. The van der Waals surface area contributed by atoms with Gasteiger partial charge in [-0.15, -0.1) is 0 Å². The van der Waals surface area contributed by atoms with Crippen LogP contribution < -0.4 is 0 Å². The van der Waals surface area contributed by atoms with Gasteiger partial charge < -0.3 is 9.64 Å². The minimum absolute atomic E-state index is 0.144. The maximum Gasteiger partial charge on any atom is 0.297 e. The molecule has 2 heterocycles. The second-order valence-corrected chi connectivity index (χ2v) is 4.48. The Morgan fingerprint density at radius 1 is 1.47 bits per heavy atom. The maximum absolute atomic E-state index is 11.8. The summed E-state index contributed by atoms with van der Waals surface area (Å²) >= 11 is 4.98. The molecular weight excluding hydrogens is 236 g/mol. The molecule has 0 aromatic rings. The van der Waals surface area contributed by atoms with Gasteiger partial charge in [0, 0.05) is 25.8 Å². The van der Waals surface area contributed by atoms with Crippen LogP contribution in [0.15, 0.2) is 23.6 Å². The molecular formula is C12H16N2O2S. The quantitative estimate of drug-likeness (QED) is 0.552. The van der Waals surface area contributed by atoms with E-state index in [4.69, 9.17) is 17.0 Å². The fourth-order valence-corrected chi connectivity index (χ4v) is 2.30. The topological polar surface area (TPSA) is 32.8 Å². The van der Waals surface area contributed by atoms with Crippen molar-refractivity contribution in [2.45, 2.75) is 19.8 Å². The van der Waals surface area contributed by atoms with E-state index in [0.29, 0.717) is 12.3 Å². The second kappa shape index (κ2) is 4.87. The summed E-state index contributed by atoms with van der Waals surface area (Å²) in [4.78, 5) is 15.5. The van der Waals surface area contributed by atoms with Crippen LogP contribution in [0, 0.1) is 0 Å². The average Bonchev–Trinajstić information content (AvgIpc) is 2.81. The molecule has 0 aromatic carbocycles. The molecule has 0 unspecified atom stereocenters. The molecule has 4 nitrogen and oxygen atoms in total. The lowest BCUT2D eigenvalue weighted by molar-refractivity contribution is -0.122. The largest absolute Gasteiger partial charge is 0.426 e. The molecule has 0 radical (unpaired) electrons. The molecule has 0 spiro atoms. The van der Waals surface area contributed by atoms with Crippen LogP contribution in [-0.4, -0.2) is 41.0 Å². The summed E-state index contributed by atoms with van der Waals surface area (Å²) in [6.45, 7) is 3.49. The maximum atomic E-state index is 11.8. The highest BCUT2D eigenvalue weighted by Gasteiger charge is 2.31. The highest BCUT2D eigenvalue weighted by molar-refractivity contribution is 7.80. The molecule has 5 heteroatoms. The standard InChI is InChI=1S/C12H16N2O2S/c1-3-14-11(15)10(16-12(14)17)7-6-9-5-4-8-13(9)2/h6-7H,3-5,8H2,1-2H3/b9-6+,10-7+. The minimum atomic E-state index is -0.144. The number of hydrogen-bond acceptors (Lipinski definition) is 4. The van der Waals surface area contributed by atoms with Crippen LogP contribution in [0.25, 0.3) is 0 Å². The van der Waals surface area contributed by atoms with Crippen LogP contribution >= 0.6 is 12.2 Å². The van der Waals surface area contributed by atoms with Crippen molar-refractivity contribution >= 4 is 23.3 Å². The zero-order valence-electron chi connectivity index (χ0n) is 10.1. The Hall–Kier alpha value is -1.36. The molecule has 0 N–H and O–H groups in total. The van der Waals surface area contributed by atoms with E-state index in [1.807, 2.05) is 13.0 Å². The molecule has 2 aliphatic rings. The molecule has 2 saturated heterocycles. The first-order chi connectivity index (χ1) is 8.13. The number of likely N-dealkylation sites (tertiary alicyclic amines) is 1. The lowest BCUT2D eigenvalue weighted by Gasteiger charge is -2.11. The van der Waals surface area contributed by atoms with E-state index in [2.05, 4.69) is 11.9 Å². The first-order valence-electron chi connectivity index (χ1n) is 5.79. The van der Waals surface area contributed by atoms with E-state index < -0.39 is 0 Å². The van der Waals surface area contributed by atoms with Gasteiger partial charge in [0.2, 0.25) is 0 Å². The van der Waals surface area contributed by atoms with E-state index in [1.165, 1.54) is 17.0 Å². The third-order valence-electron chi connectivity index (χ3n) is 3.03. The normalized spacial score (nSPS) is 25.3. The van der Waals surface area contributed by atoms with Gasteiger partial charge in [-0.1, -0.05) is 0 Å². The summed E-state index contributed by atoms with van der Waals surface area (Å²) < 4.78 is 5.28. The van der Waals surface area contributed by atoms with Crippen LogP contribution in [0.5, 0.6) is 0 Å². The third-order valence-corrected chi connectivity index (χ3v) is 3.34. The molecule has 1 amide bonds. The van der Waals surface area contributed by atoms with Gasteiger partial charge in [0.15, 0.2) is 5.76 Å². The zero-order valence-corrected chi connectivity index (χ0v) is 10.9. The van der Waals surface area contributed by atoms with Crippen molar-refractivity contribution in [2.75, 3.05) is 20.1 Å². The molecule has 17 heavy (non-hydrogen) atoms. The minimum Gasteiger partial charge on any atom is -0.426 e. The highest BCUT2D eigenvalue weighted by Crippen LogP contribution is 2.21. The first-order valence-corrected chi connectivity index (χ1v) is 6.20. The van der Waals surface area contributed by atoms with Crippen molar-refractivity contribution in [3.05, 3.63) is 23.6 Å². The lowest BCUT2D eigenvalue weighted by Crippen LogP contribution is -2.27. The van der Waals surface area contributed by atoms with E-state index in [0.717, 1.165) is 13.0 Å². The number of amides is 1. The average molecular weight is 252 g/mol. The molecule has 0 bridgehead atoms. The number of nitrogens with zero attached hydrogens (tertiary/aromatic N) is 2. The lowest BCUT2D eigenvalue weighted by atomic mass is 10.3. The number of carbonyl (C=O) groups is 1. The van der Waals surface area contributed by atoms with Crippen molar-refractivity contribution in [3.63, 3.8) is 0 Å². The van der Waals surface area contributed by atoms with Crippen LogP contribution in [0.2, 0.25) is 0 Å². The molecule has 92 valence electrons. The molecule has 2 fully saturated rings. The summed E-state index contributed by atoms with van der Waals surface area (Å²) in [5.41, 5.74) is 1.23. The van der Waals surface area contributed by atoms with Crippen LogP contribution in [0.3, 0.4) is 0 Å². The molecule has 0 saturated carbocycles. The molecule has 2 aliphatic heterocycles. The van der Waals surface area contributed by atoms with Gasteiger partial charge in [0.25, 0.3) is 11.1 Å². The van der Waals surface area contributed by atoms with Crippen LogP contribution in [0.1, 0.15) is 19.8 Å². The second-order valence-electron chi connectivity index (χ2n) is 4.13. The van der Waals surface area contributed by atoms with Crippen LogP contribution in [0.4, 0.5) is 0 Å². The Balaban J connectivity index is 2.13. The summed E-state index contributed by atoms with van der Waals surface area (Å²) in [6.07, 6.45) is 5.89. The number of ether oxygens (including phenoxy) is 1. The molecule has 0 aromatic heterocycles. The Morgan fingerprint density at radius 3 is 2.76 bits per heavy atom. The number of allylic oxidation sites excluding steroid dienone is 3. The van der Waals surface area contributed by atoms with Crippen molar-refractivity contribution in [1.29, 1.82) is 0 Å². The van der Waals surface area contributed by atoms with Crippen molar-refractivity contribution in [1.82, 2.24) is 9.80 Å². The van der Waals surface area contributed by atoms with Gasteiger partial charge in [0.1, 0.15) is 0 Å². The first kappa shape index (κ1) is 12.1. The summed E-state index contributed by atoms with van der Waals surface area (Å²) in [5.74, 6) is 0.180. The smallest absolute Gasteiger partial charge is 0.297 e. The fraction of sp³-hybridized carbons (Fsp3) is 0.500. The van der Waals surface area contributed by atoms with Gasteiger partial charge in [0.05, 0.1) is 0 Å². The monoisotopic (exact) mass is 252 g/mol.